The number of hydrogen-bond donors (Lipinski definition) is 1. The van der Waals surface area contributed by atoms with E-state index in [4.69, 9.17) is 0 Å². The van der Waals surface area contributed by atoms with Crippen LogP contribution in [-0.4, -0.2) is 15.7 Å². The number of rotatable bonds is 3. The Labute approximate surface area is 72.5 Å². The molecule has 0 aliphatic carbocycles. The van der Waals surface area contributed by atoms with Crippen LogP contribution in [-0.2, 0) is 12.8 Å². The fraction of sp³-hybridized carbons (Fsp3) is 0.500. The molecule has 1 heterocycles. The molecule has 0 fully saturated rings. The third-order valence-corrected chi connectivity index (χ3v) is 1.71. The van der Waals surface area contributed by atoms with E-state index in [2.05, 4.69) is 29.5 Å². The first kappa shape index (κ1) is 8.53. The van der Waals surface area contributed by atoms with Crippen molar-refractivity contribution in [2.45, 2.75) is 19.8 Å². The Morgan fingerprint density at radius 3 is 2.36 bits per heavy atom. The van der Waals surface area contributed by atoms with Crippen molar-refractivity contribution in [3.05, 3.63) is 23.8 Å². The predicted molar refractivity (Wildman–Crippen MR) is 49.0 cm³/mol. The van der Waals surface area contributed by atoms with Gasteiger partial charge in [0.1, 0.15) is 0 Å². The summed E-state index contributed by atoms with van der Waals surface area (Å²) in [4.78, 5) is 8.45. The zero-order chi connectivity index (χ0) is 8.10. The largest absolute Gasteiger partial charge is 0.258 e. The van der Waals surface area contributed by atoms with Gasteiger partial charge in [0, 0.05) is 18.8 Å². The van der Waals surface area contributed by atoms with Crippen molar-refractivity contribution in [2.24, 2.45) is 0 Å². The lowest BCUT2D eigenvalue weighted by molar-refractivity contribution is 0.941. The molecule has 2 nitrogen and oxygen atoms in total. The van der Waals surface area contributed by atoms with Crippen LogP contribution in [0.3, 0.4) is 0 Å². The number of nitrogens with zero attached hydrogens (tertiary/aromatic N) is 2. The van der Waals surface area contributed by atoms with Gasteiger partial charge in [-0.15, -0.1) is 0 Å². The van der Waals surface area contributed by atoms with Gasteiger partial charge >= 0.3 is 0 Å². The van der Waals surface area contributed by atoms with Crippen LogP contribution in [0.1, 0.15) is 18.3 Å². The Balaban J connectivity index is 2.66. The van der Waals surface area contributed by atoms with Crippen molar-refractivity contribution in [2.75, 3.05) is 5.75 Å². The zero-order valence-electron chi connectivity index (χ0n) is 6.62. The van der Waals surface area contributed by atoms with Crippen LogP contribution in [0.15, 0.2) is 12.4 Å². The van der Waals surface area contributed by atoms with Gasteiger partial charge in [0.2, 0.25) is 0 Å². The van der Waals surface area contributed by atoms with Crippen molar-refractivity contribution in [3.8, 4) is 0 Å². The summed E-state index contributed by atoms with van der Waals surface area (Å²) in [5, 5.41) is 0. The SMILES string of the molecule is CCc1cnc(CCS)cn1. The molecule has 0 radical (unpaired) electrons. The van der Waals surface area contributed by atoms with Gasteiger partial charge in [-0.1, -0.05) is 6.92 Å². The van der Waals surface area contributed by atoms with Gasteiger partial charge in [0.15, 0.2) is 0 Å². The van der Waals surface area contributed by atoms with E-state index in [1.54, 1.807) is 0 Å². The summed E-state index contributed by atoms with van der Waals surface area (Å²) < 4.78 is 0. The monoisotopic (exact) mass is 168 g/mol. The molecule has 0 saturated heterocycles. The van der Waals surface area contributed by atoms with E-state index in [0.717, 1.165) is 30.0 Å². The molecule has 3 heteroatoms. The maximum absolute atomic E-state index is 4.23. The van der Waals surface area contributed by atoms with Gasteiger partial charge in [-0.25, -0.2) is 0 Å². The lowest BCUT2D eigenvalue weighted by Crippen LogP contribution is -1.95. The molecule has 0 atom stereocenters. The Hall–Kier alpha value is -0.570. The van der Waals surface area contributed by atoms with Gasteiger partial charge in [-0.05, 0) is 12.2 Å². The van der Waals surface area contributed by atoms with E-state index in [9.17, 15) is 0 Å². The van der Waals surface area contributed by atoms with Crippen LogP contribution >= 0.6 is 12.6 Å². The molecule has 1 aromatic rings. The van der Waals surface area contributed by atoms with E-state index in [1.807, 2.05) is 12.4 Å². The average Bonchev–Trinajstić information content (AvgIpc) is 2.07. The molecule has 0 N–H and O–H groups in total. The molecule has 0 unspecified atom stereocenters. The third-order valence-electron chi connectivity index (χ3n) is 1.49. The topological polar surface area (TPSA) is 25.8 Å². The first-order valence-electron chi connectivity index (χ1n) is 3.77. The van der Waals surface area contributed by atoms with Gasteiger partial charge < -0.3 is 0 Å². The van der Waals surface area contributed by atoms with Gasteiger partial charge in [0.25, 0.3) is 0 Å². The van der Waals surface area contributed by atoms with E-state index < -0.39 is 0 Å². The van der Waals surface area contributed by atoms with E-state index in [1.165, 1.54) is 0 Å². The van der Waals surface area contributed by atoms with E-state index >= 15 is 0 Å². The molecule has 0 aromatic carbocycles. The van der Waals surface area contributed by atoms with Crippen LogP contribution in [0.2, 0.25) is 0 Å². The van der Waals surface area contributed by atoms with Crippen molar-refractivity contribution in [3.63, 3.8) is 0 Å². The minimum atomic E-state index is 0.833. The minimum Gasteiger partial charge on any atom is -0.258 e. The maximum Gasteiger partial charge on any atom is 0.0595 e. The Bertz CT molecular complexity index is 208. The summed E-state index contributed by atoms with van der Waals surface area (Å²) in [6.45, 7) is 2.07. The molecule has 1 aromatic heterocycles. The van der Waals surface area contributed by atoms with Crippen molar-refractivity contribution >= 4 is 12.6 Å². The van der Waals surface area contributed by atoms with Crippen LogP contribution in [0.25, 0.3) is 0 Å². The first-order valence-corrected chi connectivity index (χ1v) is 4.40. The summed E-state index contributed by atoms with van der Waals surface area (Å²) in [5.74, 6) is 0.833. The second-order valence-corrected chi connectivity index (χ2v) is 2.77. The molecule has 0 amide bonds. The molecule has 0 aliphatic heterocycles. The fourth-order valence-corrected chi connectivity index (χ4v) is 1.04. The van der Waals surface area contributed by atoms with E-state index in [-0.39, 0.29) is 0 Å². The zero-order valence-corrected chi connectivity index (χ0v) is 7.51. The summed E-state index contributed by atoms with van der Waals surface area (Å²) in [7, 11) is 0. The van der Waals surface area contributed by atoms with Crippen LogP contribution in [0.5, 0.6) is 0 Å². The lowest BCUT2D eigenvalue weighted by atomic mass is 10.3. The maximum atomic E-state index is 4.23. The minimum absolute atomic E-state index is 0.833. The predicted octanol–water partition coefficient (Wildman–Crippen LogP) is 1.51. The highest BCUT2D eigenvalue weighted by molar-refractivity contribution is 7.80. The summed E-state index contributed by atoms with van der Waals surface area (Å²) >= 11 is 4.11. The summed E-state index contributed by atoms with van der Waals surface area (Å²) in [6, 6.07) is 0. The molecule has 0 aliphatic rings. The van der Waals surface area contributed by atoms with Crippen molar-refractivity contribution < 1.29 is 0 Å². The number of aryl methyl sites for hydroxylation is 2. The molecular formula is C8H12N2S. The summed E-state index contributed by atoms with van der Waals surface area (Å²) in [5.41, 5.74) is 2.07. The van der Waals surface area contributed by atoms with Crippen molar-refractivity contribution in [1.29, 1.82) is 0 Å². The normalized spacial score (nSPS) is 10.0. The average molecular weight is 168 g/mol. The molecule has 1 rings (SSSR count). The van der Waals surface area contributed by atoms with Crippen LogP contribution in [0, 0.1) is 0 Å². The second-order valence-electron chi connectivity index (χ2n) is 2.33. The highest BCUT2D eigenvalue weighted by Gasteiger charge is 1.93. The third kappa shape index (κ3) is 2.50. The highest BCUT2D eigenvalue weighted by Crippen LogP contribution is 1.97. The van der Waals surface area contributed by atoms with Crippen LogP contribution < -0.4 is 0 Å². The number of hydrogen-bond acceptors (Lipinski definition) is 3. The highest BCUT2D eigenvalue weighted by atomic mass is 32.1. The van der Waals surface area contributed by atoms with E-state index in [0.29, 0.717) is 0 Å². The smallest absolute Gasteiger partial charge is 0.0595 e. The first-order chi connectivity index (χ1) is 5.36. The lowest BCUT2D eigenvalue weighted by Gasteiger charge is -1.97. The molecule has 60 valence electrons. The van der Waals surface area contributed by atoms with Gasteiger partial charge in [-0.3, -0.25) is 9.97 Å². The fourth-order valence-electron chi connectivity index (χ4n) is 0.808. The Morgan fingerprint density at radius 2 is 1.91 bits per heavy atom. The summed E-state index contributed by atoms with van der Waals surface area (Å²) in [6.07, 6.45) is 5.52. The van der Waals surface area contributed by atoms with Gasteiger partial charge in [-0.2, -0.15) is 12.6 Å². The molecule has 0 bridgehead atoms. The Morgan fingerprint density at radius 1 is 1.27 bits per heavy atom. The van der Waals surface area contributed by atoms with Crippen LogP contribution in [0.4, 0.5) is 0 Å². The molecule has 11 heavy (non-hydrogen) atoms. The Kier molecular flexibility index (Phi) is 3.36. The van der Waals surface area contributed by atoms with Gasteiger partial charge in [0.05, 0.1) is 11.4 Å². The number of thiol groups is 1. The quantitative estimate of drug-likeness (QED) is 0.692. The van der Waals surface area contributed by atoms with Crippen molar-refractivity contribution in [1.82, 2.24) is 9.97 Å². The molecular weight excluding hydrogens is 156 g/mol. The second kappa shape index (κ2) is 4.34. The molecule has 0 spiro atoms. The number of aromatic nitrogens is 2. The standard InChI is InChI=1S/C8H12N2S/c1-2-7-5-10-8(3-4-11)6-9-7/h5-6,11H,2-4H2,1H3. The molecule has 0 saturated carbocycles.